The van der Waals surface area contributed by atoms with Crippen LogP contribution >= 0.6 is 11.3 Å². The lowest BCUT2D eigenvalue weighted by atomic mass is 10.0. The number of ether oxygens (including phenoxy) is 1. The van der Waals surface area contributed by atoms with Crippen molar-refractivity contribution in [2.45, 2.75) is 6.04 Å². The molecular formula is C12H12N2O4S. The van der Waals surface area contributed by atoms with Crippen molar-refractivity contribution >= 4 is 17.0 Å². The van der Waals surface area contributed by atoms with Crippen molar-refractivity contribution in [1.29, 1.82) is 0 Å². The zero-order valence-corrected chi connectivity index (χ0v) is 10.9. The Bertz CT molecular complexity index is 598. The summed E-state index contributed by atoms with van der Waals surface area (Å²) in [5, 5.41) is 22.5. The van der Waals surface area contributed by atoms with Gasteiger partial charge in [-0.15, -0.1) is 11.3 Å². The third kappa shape index (κ3) is 2.51. The van der Waals surface area contributed by atoms with Crippen molar-refractivity contribution in [3.8, 4) is 11.5 Å². The second-order valence-corrected chi connectivity index (χ2v) is 4.82. The molecule has 0 bridgehead atoms. The predicted molar refractivity (Wildman–Crippen MR) is 71.7 cm³/mol. The van der Waals surface area contributed by atoms with Crippen molar-refractivity contribution in [3.05, 3.63) is 50.2 Å². The Morgan fingerprint density at radius 3 is 2.79 bits per heavy atom. The van der Waals surface area contributed by atoms with Crippen LogP contribution in [0.5, 0.6) is 11.5 Å². The van der Waals surface area contributed by atoms with Crippen molar-refractivity contribution in [3.63, 3.8) is 0 Å². The minimum Gasteiger partial charge on any atom is -0.500 e. The van der Waals surface area contributed by atoms with Gasteiger partial charge in [0.1, 0.15) is 0 Å². The highest BCUT2D eigenvalue weighted by molar-refractivity contribution is 7.10. The molecule has 0 saturated heterocycles. The normalized spacial score (nSPS) is 12.1. The Balaban J connectivity index is 2.52. The molecule has 0 aliphatic rings. The molecule has 1 heterocycles. The van der Waals surface area contributed by atoms with E-state index in [2.05, 4.69) is 0 Å². The van der Waals surface area contributed by atoms with Gasteiger partial charge >= 0.3 is 5.69 Å². The molecule has 0 unspecified atom stereocenters. The van der Waals surface area contributed by atoms with Crippen LogP contribution in [0.15, 0.2) is 29.6 Å². The molecule has 1 aromatic heterocycles. The number of hydrogen-bond donors (Lipinski definition) is 2. The smallest absolute Gasteiger partial charge is 0.315 e. The third-order valence-corrected chi connectivity index (χ3v) is 3.66. The molecule has 1 atom stereocenters. The lowest BCUT2D eigenvalue weighted by Gasteiger charge is -2.12. The summed E-state index contributed by atoms with van der Waals surface area (Å²) in [5.41, 5.74) is 6.16. The number of phenolic OH excluding ortho intramolecular Hbond substituents is 1. The predicted octanol–water partition coefficient (Wildman–Crippen LogP) is 2.42. The van der Waals surface area contributed by atoms with Crippen molar-refractivity contribution in [1.82, 2.24) is 0 Å². The summed E-state index contributed by atoms with van der Waals surface area (Å²) < 4.78 is 4.94. The van der Waals surface area contributed by atoms with Crippen molar-refractivity contribution < 1.29 is 14.8 Å². The number of nitro groups is 1. The fourth-order valence-electron chi connectivity index (χ4n) is 1.72. The zero-order valence-electron chi connectivity index (χ0n) is 10.1. The minimum atomic E-state index is -0.664. The van der Waals surface area contributed by atoms with Crippen LogP contribution in [0.1, 0.15) is 16.5 Å². The monoisotopic (exact) mass is 280 g/mol. The van der Waals surface area contributed by atoms with E-state index in [1.165, 1.54) is 30.6 Å². The van der Waals surface area contributed by atoms with E-state index in [-0.39, 0.29) is 5.75 Å². The molecular weight excluding hydrogens is 268 g/mol. The first-order valence-electron chi connectivity index (χ1n) is 5.39. The zero-order chi connectivity index (χ0) is 14.0. The van der Waals surface area contributed by atoms with Gasteiger partial charge in [-0.05, 0) is 23.1 Å². The van der Waals surface area contributed by atoms with Gasteiger partial charge < -0.3 is 15.6 Å². The van der Waals surface area contributed by atoms with Crippen LogP contribution in [0.4, 0.5) is 5.69 Å². The largest absolute Gasteiger partial charge is 0.500 e. The second-order valence-electron chi connectivity index (χ2n) is 3.84. The van der Waals surface area contributed by atoms with E-state index in [0.29, 0.717) is 5.56 Å². The van der Waals surface area contributed by atoms with E-state index < -0.39 is 22.4 Å². The summed E-state index contributed by atoms with van der Waals surface area (Å²) in [6.45, 7) is 0. The van der Waals surface area contributed by atoms with Gasteiger partial charge in [0.2, 0.25) is 5.75 Å². The molecule has 3 N–H and O–H groups in total. The van der Waals surface area contributed by atoms with Gasteiger partial charge in [0.15, 0.2) is 5.75 Å². The van der Waals surface area contributed by atoms with E-state index in [4.69, 9.17) is 10.5 Å². The number of aromatic hydroxyl groups is 1. The highest BCUT2D eigenvalue weighted by Crippen LogP contribution is 2.39. The minimum absolute atomic E-state index is 0.0382. The number of rotatable bonds is 4. The molecule has 0 saturated carbocycles. The molecule has 1 aromatic carbocycles. The summed E-state index contributed by atoms with van der Waals surface area (Å²) in [6, 6.07) is 5.98. The highest BCUT2D eigenvalue weighted by Gasteiger charge is 2.22. The number of nitrogens with zero attached hydrogens (tertiary/aromatic N) is 1. The molecule has 19 heavy (non-hydrogen) atoms. The Labute approximate surface area is 113 Å². The first-order valence-corrected chi connectivity index (χ1v) is 6.26. The maximum atomic E-state index is 10.9. The van der Waals surface area contributed by atoms with Crippen LogP contribution in [0.3, 0.4) is 0 Å². The lowest BCUT2D eigenvalue weighted by Crippen LogP contribution is -2.10. The molecule has 0 aliphatic carbocycles. The van der Waals surface area contributed by atoms with Crippen LogP contribution in [0.2, 0.25) is 0 Å². The summed E-state index contributed by atoms with van der Waals surface area (Å²) in [4.78, 5) is 11.1. The molecule has 0 aliphatic heterocycles. The summed E-state index contributed by atoms with van der Waals surface area (Å²) in [5.74, 6) is -0.453. The number of thiophene rings is 1. The van der Waals surface area contributed by atoms with Crippen LogP contribution in [0, 0.1) is 10.1 Å². The van der Waals surface area contributed by atoms with Gasteiger partial charge in [0.05, 0.1) is 18.1 Å². The van der Waals surface area contributed by atoms with E-state index in [1.54, 1.807) is 0 Å². The van der Waals surface area contributed by atoms with Gasteiger partial charge in [0.25, 0.3) is 0 Å². The standard InChI is InChI=1S/C12H12N2O4S/c1-18-9-6-7(5-8(12(9)15)14(16)17)11(13)10-3-2-4-19-10/h2-6,11,15H,13H2,1H3/t11-/m0/s1. The first kappa shape index (κ1) is 13.3. The van der Waals surface area contributed by atoms with Gasteiger partial charge in [-0.25, -0.2) is 0 Å². The average Bonchev–Trinajstić information content (AvgIpc) is 2.91. The Kier molecular flexibility index (Phi) is 3.68. The first-order chi connectivity index (χ1) is 9.04. The number of methoxy groups -OCH3 is 1. The summed E-state index contributed by atoms with van der Waals surface area (Å²) in [6.07, 6.45) is 0. The van der Waals surface area contributed by atoms with Gasteiger partial charge in [-0.1, -0.05) is 6.07 Å². The Morgan fingerprint density at radius 2 is 2.26 bits per heavy atom. The lowest BCUT2D eigenvalue weighted by molar-refractivity contribution is -0.386. The van der Waals surface area contributed by atoms with Gasteiger partial charge in [0, 0.05) is 10.9 Å². The molecule has 100 valence electrons. The van der Waals surface area contributed by atoms with Crippen molar-refractivity contribution in [2.24, 2.45) is 5.73 Å². The van der Waals surface area contributed by atoms with Crippen LogP contribution in [-0.2, 0) is 0 Å². The average molecular weight is 280 g/mol. The van der Waals surface area contributed by atoms with E-state index in [0.717, 1.165) is 4.88 Å². The van der Waals surface area contributed by atoms with Crippen LogP contribution in [-0.4, -0.2) is 17.1 Å². The molecule has 0 amide bonds. The fraction of sp³-hybridized carbons (Fsp3) is 0.167. The number of nitro benzene ring substituents is 1. The molecule has 0 fully saturated rings. The molecule has 2 rings (SSSR count). The quantitative estimate of drug-likeness (QED) is 0.662. The Morgan fingerprint density at radius 1 is 1.53 bits per heavy atom. The maximum absolute atomic E-state index is 10.9. The number of nitrogens with two attached hydrogens (primary N) is 1. The molecule has 0 spiro atoms. The summed E-state index contributed by atoms with van der Waals surface area (Å²) >= 11 is 1.46. The SMILES string of the molecule is COc1cc([C@H](N)c2cccs2)cc([N+](=O)[O-])c1O. The number of benzene rings is 1. The van der Waals surface area contributed by atoms with Crippen molar-refractivity contribution in [2.75, 3.05) is 7.11 Å². The molecule has 2 aromatic rings. The van der Waals surface area contributed by atoms with E-state index >= 15 is 0 Å². The topological polar surface area (TPSA) is 98.6 Å². The molecule has 0 radical (unpaired) electrons. The number of hydrogen-bond acceptors (Lipinski definition) is 6. The maximum Gasteiger partial charge on any atom is 0.315 e. The van der Waals surface area contributed by atoms with E-state index in [1.807, 2.05) is 17.5 Å². The molecule has 6 nitrogen and oxygen atoms in total. The summed E-state index contributed by atoms with van der Waals surface area (Å²) in [7, 11) is 1.33. The highest BCUT2D eigenvalue weighted by atomic mass is 32.1. The second kappa shape index (κ2) is 5.25. The van der Waals surface area contributed by atoms with E-state index in [9.17, 15) is 15.2 Å². The third-order valence-electron chi connectivity index (χ3n) is 2.70. The van der Waals surface area contributed by atoms with Gasteiger partial charge in [-0.2, -0.15) is 0 Å². The van der Waals surface area contributed by atoms with Crippen LogP contribution < -0.4 is 10.5 Å². The van der Waals surface area contributed by atoms with Gasteiger partial charge in [-0.3, -0.25) is 10.1 Å². The van der Waals surface area contributed by atoms with Crippen LogP contribution in [0.25, 0.3) is 0 Å². The number of phenols is 1. The molecule has 7 heteroatoms. The fourth-order valence-corrected chi connectivity index (χ4v) is 2.47. The Hall–Kier alpha value is -2.12.